The minimum absolute atomic E-state index is 0.0716. The van der Waals surface area contributed by atoms with E-state index in [2.05, 4.69) is 5.32 Å². The van der Waals surface area contributed by atoms with E-state index in [0.717, 1.165) is 36.0 Å². The van der Waals surface area contributed by atoms with Crippen molar-refractivity contribution in [3.8, 4) is 5.75 Å². The van der Waals surface area contributed by atoms with Gasteiger partial charge in [-0.1, -0.05) is 25.1 Å². The van der Waals surface area contributed by atoms with Crippen LogP contribution in [0.5, 0.6) is 5.75 Å². The van der Waals surface area contributed by atoms with Gasteiger partial charge >= 0.3 is 0 Å². The number of fused-ring (bicyclic) bond motifs is 1. The second kappa shape index (κ2) is 10.3. The molecule has 4 rings (SSSR count). The number of nitrogens with one attached hydrogen (secondary N) is 1. The molecule has 0 spiro atoms. The predicted molar refractivity (Wildman–Crippen MR) is 122 cm³/mol. The maximum Gasteiger partial charge on any atom is 0.261 e. The molecule has 1 saturated carbocycles. The monoisotopic (exact) mass is 454 g/mol. The van der Waals surface area contributed by atoms with Gasteiger partial charge in [-0.25, -0.2) is 4.39 Å². The molecule has 0 radical (unpaired) electrons. The maximum atomic E-state index is 14.1. The molecule has 1 heterocycles. The topological polar surface area (TPSA) is 67.9 Å². The molecule has 1 N–H and O–H groups in total. The molecule has 0 bridgehead atoms. The summed E-state index contributed by atoms with van der Waals surface area (Å²) in [5, 5.41) is 2.82. The van der Waals surface area contributed by atoms with E-state index in [1.54, 1.807) is 13.2 Å². The van der Waals surface area contributed by atoms with Crippen molar-refractivity contribution < 1.29 is 23.5 Å². The molecule has 0 unspecified atom stereocenters. The molecule has 0 saturated heterocycles. The molecule has 1 aliphatic heterocycles. The summed E-state index contributed by atoms with van der Waals surface area (Å²) in [7, 11) is 1.58. The number of nitrogens with zero attached hydrogens (tertiary/aromatic N) is 1. The molecule has 2 amide bonds. The Kier molecular flexibility index (Phi) is 7.28. The van der Waals surface area contributed by atoms with Gasteiger partial charge in [0.25, 0.3) is 5.91 Å². The zero-order valence-corrected chi connectivity index (χ0v) is 19.2. The van der Waals surface area contributed by atoms with Crippen molar-refractivity contribution in [2.75, 3.05) is 26.8 Å². The summed E-state index contributed by atoms with van der Waals surface area (Å²) in [5.41, 5.74) is 2.77. The molecule has 7 heteroatoms. The van der Waals surface area contributed by atoms with Crippen molar-refractivity contribution in [3.05, 3.63) is 65.0 Å². The second-order valence-electron chi connectivity index (χ2n) is 8.67. The van der Waals surface area contributed by atoms with Gasteiger partial charge in [-0.2, -0.15) is 0 Å². The molecule has 2 aliphatic rings. The van der Waals surface area contributed by atoms with Gasteiger partial charge in [0.2, 0.25) is 5.91 Å². The van der Waals surface area contributed by atoms with Crippen molar-refractivity contribution in [2.24, 2.45) is 5.92 Å². The quantitative estimate of drug-likeness (QED) is 0.588. The van der Waals surface area contributed by atoms with Gasteiger partial charge in [0.1, 0.15) is 11.6 Å². The summed E-state index contributed by atoms with van der Waals surface area (Å²) in [6.45, 7) is 3.34. The van der Waals surface area contributed by atoms with Crippen LogP contribution in [0.1, 0.15) is 48.9 Å². The first-order chi connectivity index (χ1) is 16.0. The largest absolute Gasteiger partial charge is 0.481 e. The lowest BCUT2D eigenvalue weighted by Gasteiger charge is -2.38. The second-order valence-corrected chi connectivity index (χ2v) is 8.67. The van der Waals surface area contributed by atoms with Gasteiger partial charge in [0.05, 0.1) is 12.6 Å². The Balaban J connectivity index is 1.63. The summed E-state index contributed by atoms with van der Waals surface area (Å²) >= 11 is 0. The van der Waals surface area contributed by atoms with E-state index in [-0.39, 0.29) is 29.6 Å². The fourth-order valence-corrected chi connectivity index (χ4v) is 4.38. The fourth-order valence-electron chi connectivity index (χ4n) is 4.38. The Morgan fingerprint density at radius 1 is 1.21 bits per heavy atom. The zero-order chi connectivity index (χ0) is 23.4. The van der Waals surface area contributed by atoms with Crippen LogP contribution in [-0.2, 0) is 20.7 Å². The third-order valence-electron chi connectivity index (χ3n) is 6.27. The van der Waals surface area contributed by atoms with E-state index < -0.39 is 6.10 Å². The van der Waals surface area contributed by atoms with Crippen LogP contribution in [0.15, 0.2) is 42.5 Å². The van der Waals surface area contributed by atoms with Gasteiger partial charge in [-0.15, -0.1) is 0 Å². The summed E-state index contributed by atoms with van der Waals surface area (Å²) < 4.78 is 25.2. The third-order valence-corrected chi connectivity index (χ3v) is 6.27. The molecule has 2 atom stereocenters. The van der Waals surface area contributed by atoms with Crippen molar-refractivity contribution >= 4 is 11.8 Å². The van der Waals surface area contributed by atoms with Crippen LogP contribution >= 0.6 is 0 Å². The zero-order valence-electron chi connectivity index (χ0n) is 19.2. The minimum atomic E-state index is -0.639. The molecule has 176 valence electrons. The lowest BCUT2D eigenvalue weighted by molar-refractivity contribution is -0.134. The standard InChI is InChI=1S/C26H31FN2O4/c1-3-23(25(30)28-12-14-32-2)33-21-10-9-17-11-13-29(26(31)18-7-8-18)24(22(17)16-21)19-5-4-6-20(27)15-19/h4-6,9-10,15-16,18,23-24H,3,7-8,11-14H2,1-2H3,(H,28,30)/t23-,24-/m1/s1. The Morgan fingerprint density at radius 3 is 2.73 bits per heavy atom. The number of rotatable bonds is 9. The molecule has 1 fully saturated rings. The highest BCUT2D eigenvalue weighted by atomic mass is 19.1. The minimum Gasteiger partial charge on any atom is -0.481 e. The molecule has 2 aromatic carbocycles. The number of methoxy groups -OCH3 is 1. The average molecular weight is 455 g/mol. The van der Waals surface area contributed by atoms with Crippen molar-refractivity contribution in [1.29, 1.82) is 0 Å². The van der Waals surface area contributed by atoms with Gasteiger partial charge in [-0.05, 0) is 66.6 Å². The normalized spacial score (nSPS) is 18.4. The van der Waals surface area contributed by atoms with Crippen LogP contribution in [0.3, 0.4) is 0 Å². The summed E-state index contributed by atoms with van der Waals surface area (Å²) in [6.07, 6.45) is 2.43. The van der Waals surface area contributed by atoms with Crippen LogP contribution in [0, 0.1) is 11.7 Å². The Hall–Kier alpha value is -2.93. The number of carbonyl (C=O) groups is 2. The average Bonchev–Trinajstić information content (AvgIpc) is 3.67. The SMILES string of the molecule is CC[C@@H](Oc1ccc2c(c1)[C@@H](c1cccc(F)c1)N(C(=O)C1CC1)CC2)C(=O)NCCOC. The van der Waals surface area contributed by atoms with Gasteiger partial charge in [0.15, 0.2) is 6.10 Å². The lowest BCUT2D eigenvalue weighted by Crippen LogP contribution is -2.41. The first-order valence-electron chi connectivity index (χ1n) is 11.6. The highest BCUT2D eigenvalue weighted by Gasteiger charge is 2.39. The highest BCUT2D eigenvalue weighted by molar-refractivity contribution is 5.82. The predicted octanol–water partition coefficient (Wildman–Crippen LogP) is 3.63. The molecule has 6 nitrogen and oxygen atoms in total. The fraction of sp³-hybridized carbons (Fsp3) is 0.462. The number of ether oxygens (including phenoxy) is 2. The van der Waals surface area contributed by atoms with Gasteiger partial charge in [0, 0.05) is 26.1 Å². The number of hydrogen-bond acceptors (Lipinski definition) is 4. The highest BCUT2D eigenvalue weighted by Crippen LogP contribution is 2.41. The van der Waals surface area contributed by atoms with E-state index >= 15 is 0 Å². The van der Waals surface area contributed by atoms with Crippen LogP contribution < -0.4 is 10.1 Å². The Bertz CT molecular complexity index is 1010. The van der Waals surface area contributed by atoms with Crippen molar-refractivity contribution in [1.82, 2.24) is 10.2 Å². The van der Waals surface area contributed by atoms with Crippen LogP contribution in [0.2, 0.25) is 0 Å². The smallest absolute Gasteiger partial charge is 0.261 e. The third kappa shape index (κ3) is 5.36. The van der Waals surface area contributed by atoms with E-state index in [9.17, 15) is 14.0 Å². The maximum absolute atomic E-state index is 14.1. The number of benzene rings is 2. The summed E-state index contributed by atoms with van der Waals surface area (Å²) in [4.78, 5) is 27.5. The van der Waals surface area contributed by atoms with Gasteiger partial charge in [-0.3, -0.25) is 9.59 Å². The number of carbonyl (C=O) groups excluding carboxylic acids is 2. The Labute approximate surface area is 194 Å². The van der Waals surface area contributed by atoms with Crippen LogP contribution in [0.25, 0.3) is 0 Å². The van der Waals surface area contributed by atoms with Crippen molar-refractivity contribution in [2.45, 2.75) is 44.8 Å². The summed E-state index contributed by atoms with van der Waals surface area (Å²) in [6, 6.07) is 11.8. The molecule has 1 aliphatic carbocycles. The first kappa shape index (κ1) is 23.2. The molecular formula is C26H31FN2O4. The van der Waals surface area contributed by atoms with Crippen molar-refractivity contribution in [3.63, 3.8) is 0 Å². The number of amides is 2. The van der Waals surface area contributed by atoms with Gasteiger partial charge < -0.3 is 19.7 Å². The van der Waals surface area contributed by atoms with E-state index in [4.69, 9.17) is 9.47 Å². The molecule has 0 aromatic heterocycles. The molecule has 2 aromatic rings. The van der Waals surface area contributed by atoms with Crippen LogP contribution in [0.4, 0.5) is 4.39 Å². The van der Waals surface area contributed by atoms with E-state index in [1.807, 2.05) is 36.1 Å². The lowest BCUT2D eigenvalue weighted by atomic mass is 9.87. The molecular weight excluding hydrogens is 423 g/mol. The van der Waals surface area contributed by atoms with Crippen LogP contribution in [-0.4, -0.2) is 49.6 Å². The number of halogens is 1. The van der Waals surface area contributed by atoms with E-state index in [0.29, 0.717) is 31.9 Å². The number of hydrogen-bond donors (Lipinski definition) is 1. The van der Waals surface area contributed by atoms with E-state index in [1.165, 1.54) is 12.1 Å². The first-order valence-corrected chi connectivity index (χ1v) is 11.6. The Morgan fingerprint density at radius 2 is 2.03 bits per heavy atom. The summed E-state index contributed by atoms with van der Waals surface area (Å²) in [5.74, 6) is 0.237. The molecule has 33 heavy (non-hydrogen) atoms.